The lowest BCUT2D eigenvalue weighted by atomic mass is 9.91. The zero-order valence-corrected chi connectivity index (χ0v) is 17.0. The van der Waals surface area contributed by atoms with Crippen LogP contribution in [0.5, 0.6) is 0 Å². The summed E-state index contributed by atoms with van der Waals surface area (Å²) in [5.74, 6) is -0.311. The number of aromatic nitrogens is 2. The third-order valence-electron chi connectivity index (χ3n) is 4.11. The first-order chi connectivity index (χ1) is 12.1. The molecule has 0 aliphatic carbocycles. The maximum atomic E-state index is 12.2. The fourth-order valence-electron chi connectivity index (χ4n) is 1.98. The summed E-state index contributed by atoms with van der Waals surface area (Å²) in [7, 11) is -3.62. The highest BCUT2D eigenvalue weighted by atomic mass is 32.2. The Bertz CT molecular complexity index is 858. The summed E-state index contributed by atoms with van der Waals surface area (Å²) in [5.41, 5.74) is 0.885. The minimum Gasteiger partial charge on any atom is -0.300 e. The van der Waals surface area contributed by atoms with Crippen molar-refractivity contribution in [3.8, 4) is 0 Å². The highest BCUT2D eigenvalue weighted by Gasteiger charge is 2.23. The maximum Gasteiger partial charge on any atom is 0.240 e. The molecule has 7 nitrogen and oxygen atoms in total. The number of amides is 1. The monoisotopic (exact) mass is 396 g/mol. The van der Waals surface area contributed by atoms with E-state index >= 15 is 0 Å². The van der Waals surface area contributed by atoms with Crippen LogP contribution in [0.3, 0.4) is 0 Å². The van der Waals surface area contributed by atoms with Crippen LogP contribution in [0.2, 0.25) is 0 Å². The fraction of sp³-hybridized carbons (Fsp3) is 0.471. The van der Waals surface area contributed by atoms with Gasteiger partial charge in [0.1, 0.15) is 5.01 Å². The van der Waals surface area contributed by atoms with E-state index in [1.165, 1.54) is 23.5 Å². The number of carbonyl (C=O) groups excluding carboxylic acids is 1. The van der Waals surface area contributed by atoms with E-state index in [2.05, 4.69) is 41.0 Å². The number of nitrogens with zero attached hydrogens (tertiary/aromatic N) is 2. The van der Waals surface area contributed by atoms with E-state index in [4.69, 9.17) is 0 Å². The van der Waals surface area contributed by atoms with Crippen LogP contribution >= 0.6 is 11.3 Å². The Hall–Kier alpha value is -1.84. The molecular formula is C17H24N4O3S2. The summed E-state index contributed by atoms with van der Waals surface area (Å²) in [6.07, 6.45) is 0.924. The second-order valence-corrected chi connectivity index (χ2v) is 9.40. The Morgan fingerprint density at radius 1 is 1.19 bits per heavy atom. The predicted octanol–water partition coefficient (Wildman–Crippen LogP) is 2.84. The Morgan fingerprint density at radius 3 is 2.46 bits per heavy atom. The standard InChI is InChI=1S/C17H24N4O3S2/c1-5-17(3,4)15-20-21-16(25-15)19-14(22)10-11-18-26(23,24)13-8-6-12(2)7-9-13/h6-9,18H,5,10-11H2,1-4H3,(H,19,21,22). The summed E-state index contributed by atoms with van der Waals surface area (Å²) < 4.78 is 26.8. The Labute approximate surface area is 158 Å². The second kappa shape index (κ2) is 8.24. The molecule has 26 heavy (non-hydrogen) atoms. The zero-order chi connectivity index (χ0) is 19.4. The number of nitrogens with one attached hydrogen (secondary N) is 2. The van der Waals surface area contributed by atoms with Crippen molar-refractivity contribution >= 4 is 32.4 Å². The molecule has 0 radical (unpaired) electrons. The van der Waals surface area contributed by atoms with E-state index in [1.54, 1.807) is 12.1 Å². The third kappa shape index (κ3) is 5.33. The number of hydrogen-bond acceptors (Lipinski definition) is 6. The molecule has 0 saturated heterocycles. The molecule has 9 heteroatoms. The van der Waals surface area contributed by atoms with Crippen LogP contribution in [0.1, 0.15) is 44.2 Å². The van der Waals surface area contributed by atoms with Gasteiger partial charge in [0, 0.05) is 18.4 Å². The smallest absolute Gasteiger partial charge is 0.240 e. The molecule has 0 aliphatic heterocycles. The maximum absolute atomic E-state index is 12.2. The molecule has 0 fully saturated rings. The lowest BCUT2D eigenvalue weighted by molar-refractivity contribution is -0.116. The van der Waals surface area contributed by atoms with Crippen LogP contribution in [-0.4, -0.2) is 31.1 Å². The van der Waals surface area contributed by atoms with E-state index < -0.39 is 10.0 Å². The van der Waals surface area contributed by atoms with Gasteiger partial charge < -0.3 is 5.32 Å². The molecule has 2 aromatic rings. The van der Waals surface area contributed by atoms with Crippen molar-refractivity contribution < 1.29 is 13.2 Å². The van der Waals surface area contributed by atoms with Gasteiger partial charge in [0.05, 0.1) is 4.90 Å². The third-order valence-corrected chi connectivity index (χ3v) is 6.79. The van der Waals surface area contributed by atoms with Crippen molar-refractivity contribution in [2.45, 2.75) is 50.8 Å². The quantitative estimate of drug-likeness (QED) is 0.714. The normalized spacial score (nSPS) is 12.2. The van der Waals surface area contributed by atoms with Gasteiger partial charge in [-0.05, 0) is 25.5 Å². The molecule has 1 aromatic heterocycles. The molecule has 0 bridgehead atoms. The first kappa shape index (κ1) is 20.5. The minimum atomic E-state index is -3.62. The number of rotatable bonds is 8. The molecule has 142 valence electrons. The van der Waals surface area contributed by atoms with Gasteiger partial charge in [-0.25, -0.2) is 13.1 Å². The van der Waals surface area contributed by atoms with Crippen LogP contribution in [0, 0.1) is 6.92 Å². The number of anilines is 1. The van der Waals surface area contributed by atoms with Gasteiger partial charge in [0.15, 0.2) is 0 Å². The van der Waals surface area contributed by atoms with Crippen LogP contribution in [0.4, 0.5) is 5.13 Å². The van der Waals surface area contributed by atoms with Crippen LogP contribution in [0.15, 0.2) is 29.2 Å². The van der Waals surface area contributed by atoms with E-state index in [0.29, 0.717) is 5.13 Å². The first-order valence-electron chi connectivity index (χ1n) is 8.34. The topological polar surface area (TPSA) is 101 Å². The van der Waals surface area contributed by atoms with Gasteiger partial charge in [0.2, 0.25) is 21.1 Å². The largest absolute Gasteiger partial charge is 0.300 e. The molecule has 1 aromatic carbocycles. The lowest BCUT2D eigenvalue weighted by Gasteiger charge is -2.17. The van der Waals surface area contributed by atoms with Crippen molar-refractivity contribution in [2.24, 2.45) is 0 Å². The summed E-state index contributed by atoms with van der Waals surface area (Å²) >= 11 is 1.34. The number of hydrogen-bond donors (Lipinski definition) is 2. The molecule has 0 unspecified atom stereocenters. The Kier molecular flexibility index (Phi) is 6.48. The van der Waals surface area contributed by atoms with Gasteiger partial charge in [-0.15, -0.1) is 10.2 Å². The molecule has 0 atom stereocenters. The van der Waals surface area contributed by atoms with Crippen molar-refractivity contribution in [1.82, 2.24) is 14.9 Å². The summed E-state index contributed by atoms with van der Waals surface area (Å²) in [4.78, 5) is 12.2. The summed E-state index contributed by atoms with van der Waals surface area (Å²) in [6, 6.07) is 6.53. The van der Waals surface area contributed by atoms with Crippen LogP contribution in [-0.2, 0) is 20.2 Å². The Morgan fingerprint density at radius 2 is 1.85 bits per heavy atom. The fourth-order valence-corrected chi connectivity index (χ4v) is 3.94. The molecule has 1 heterocycles. The number of sulfonamides is 1. The van der Waals surface area contributed by atoms with Gasteiger partial charge in [-0.1, -0.05) is 49.8 Å². The van der Waals surface area contributed by atoms with Gasteiger partial charge >= 0.3 is 0 Å². The number of benzene rings is 1. The molecule has 0 spiro atoms. The summed E-state index contributed by atoms with van der Waals surface area (Å²) in [6.45, 7) is 8.10. The molecular weight excluding hydrogens is 372 g/mol. The second-order valence-electron chi connectivity index (χ2n) is 6.66. The van der Waals surface area contributed by atoms with Crippen LogP contribution in [0.25, 0.3) is 0 Å². The average molecular weight is 397 g/mol. The van der Waals surface area contributed by atoms with E-state index in [9.17, 15) is 13.2 Å². The van der Waals surface area contributed by atoms with Crippen molar-refractivity contribution in [3.05, 3.63) is 34.8 Å². The first-order valence-corrected chi connectivity index (χ1v) is 10.6. The van der Waals surface area contributed by atoms with Crippen molar-refractivity contribution in [3.63, 3.8) is 0 Å². The zero-order valence-electron chi connectivity index (χ0n) is 15.4. The SMILES string of the molecule is CCC(C)(C)c1nnc(NC(=O)CCNS(=O)(=O)c2ccc(C)cc2)s1. The minimum absolute atomic E-state index is 0.00809. The molecule has 2 N–H and O–H groups in total. The summed E-state index contributed by atoms with van der Waals surface area (Å²) in [5, 5.41) is 12.0. The van der Waals surface area contributed by atoms with Gasteiger partial charge in [-0.3, -0.25) is 4.79 Å². The average Bonchev–Trinajstić information content (AvgIpc) is 3.04. The van der Waals surface area contributed by atoms with E-state index in [1.807, 2.05) is 6.92 Å². The molecule has 0 aliphatic rings. The van der Waals surface area contributed by atoms with Gasteiger partial charge in [-0.2, -0.15) is 0 Å². The van der Waals surface area contributed by atoms with E-state index in [-0.39, 0.29) is 29.2 Å². The van der Waals surface area contributed by atoms with Crippen LogP contribution < -0.4 is 10.0 Å². The highest BCUT2D eigenvalue weighted by Crippen LogP contribution is 2.30. The highest BCUT2D eigenvalue weighted by molar-refractivity contribution is 7.89. The number of carbonyl (C=O) groups is 1. The molecule has 0 saturated carbocycles. The number of aryl methyl sites for hydroxylation is 1. The lowest BCUT2D eigenvalue weighted by Crippen LogP contribution is -2.27. The predicted molar refractivity (Wildman–Crippen MR) is 103 cm³/mol. The molecule has 1 amide bonds. The van der Waals surface area contributed by atoms with Crippen molar-refractivity contribution in [2.75, 3.05) is 11.9 Å². The van der Waals surface area contributed by atoms with Crippen molar-refractivity contribution in [1.29, 1.82) is 0 Å². The molecule has 2 rings (SSSR count). The van der Waals surface area contributed by atoms with E-state index in [0.717, 1.165) is 17.0 Å². The Balaban J connectivity index is 1.86. The van der Waals surface area contributed by atoms with Gasteiger partial charge in [0.25, 0.3) is 0 Å².